The van der Waals surface area contributed by atoms with Gasteiger partial charge in [-0.2, -0.15) is 11.8 Å². The molecule has 0 unspecified atom stereocenters. The molecule has 2 heterocycles. The number of benzene rings is 1. The molecule has 26 heavy (non-hydrogen) atoms. The summed E-state index contributed by atoms with van der Waals surface area (Å²) in [5.41, 5.74) is 3.12. The first-order valence-electron chi connectivity index (χ1n) is 8.96. The number of anilines is 1. The van der Waals surface area contributed by atoms with Gasteiger partial charge in [0.25, 0.3) is 0 Å². The number of thioether (sulfide) groups is 1. The van der Waals surface area contributed by atoms with Crippen molar-refractivity contribution in [3.8, 4) is 0 Å². The highest BCUT2D eigenvalue weighted by Gasteiger charge is 2.17. The van der Waals surface area contributed by atoms with Crippen LogP contribution < -0.4 is 5.32 Å². The van der Waals surface area contributed by atoms with E-state index >= 15 is 0 Å². The van der Waals surface area contributed by atoms with Crippen LogP contribution in [0.4, 0.5) is 5.13 Å². The maximum Gasteiger partial charge on any atom is 0.246 e. The number of carbonyl (C=O) groups is 1. The highest BCUT2D eigenvalue weighted by atomic mass is 32.2. The van der Waals surface area contributed by atoms with Gasteiger partial charge in [0.2, 0.25) is 5.91 Å². The number of carbonyl (C=O) groups excluding carboxylic acids is 1. The number of rotatable bonds is 5. The maximum atomic E-state index is 12.7. The molecule has 0 radical (unpaired) electrons. The molecular formula is C19H22N4OS2. The zero-order valence-electron chi connectivity index (χ0n) is 14.8. The fourth-order valence-corrected chi connectivity index (χ4v) is 4.97. The standard InChI is InChI=1S/C19H22N4OS2/c1-25-12-17-20-13-7-5-6-9-15(13)23(17)11-18(24)22-19-21-14-8-3-2-4-10-16(14)26-19/h5-7,9H,2-4,8,10-12H2,1H3,(H,21,22,24). The molecular weight excluding hydrogens is 364 g/mol. The van der Waals surface area contributed by atoms with E-state index in [0.29, 0.717) is 0 Å². The van der Waals surface area contributed by atoms with E-state index in [2.05, 4.69) is 15.3 Å². The third kappa shape index (κ3) is 3.64. The molecule has 1 aliphatic carbocycles. The van der Waals surface area contributed by atoms with Crippen molar-refractivity contribution < 1.29 is 4.79 Å². The summed E-state index contributed by atoms with van der Waals surface area (Å²) >= 11 is 3.35. The second-order valence-electron chi connectivity index (χ2n) is 6.53. The van der Waals surface area contributed by atoms with Crippen LogP contribution in [-0.4, -0.2) is 26.7 Å². The van der Waals surface area contributed by atoms with Crippen molar-refractivity contribution in [2.45, 2.75) is 44.4 Å². The molecule has 0 spiro atoms. The first-order valence-corrected chi connectivity index (χ1v) is 11.2. The second kappa shape index (κ2) is 7.80. The quantitative estimate of drug-likeness (QED) is 0.666. The van der Waals surface area contributed by atoms with Crippen molar-refractivity contribution in [3.05, 3.63) is 40.7 Å². The maximum absolute atomic E-state index is 12.7. The topological polar surface area (TPSA) is 59.8 Å². The van der Waals surface area contributed by atoms with Crippen LogP contribution in [0, 0.1) is 0 Å². The van der Waals surface area contributed by atoms with Crippen molar-refractivity contribution in [2.24, 2.45) is 0 Å². The number of para-hydroxylation sites is 2. The minimum Gasteiger partial charge on any atom is -0.318 e. The molecule has 7 heteroatoms. The summed E-state index contributed by atoms with van der Waals surface area (Å²) in [5.74, 6) is 1.68. The van der Waals surface area contributed by atoms with Gasteiger partial charge in [0.1, 0.15) is 12.4 Å². The Morgan fingerprint density at radius 2 is 2.08 bits per heavy atom. The van der Waals surface area contributed by atoms with E-state index in [4.69, 9.17) is 0 Å². The van der Waals surface area contributed by atoms with Crippen LogP contribution in [0.3, 0.4) is 0 Å². The second-order valence-corrected chi connectivity index (χ2v) is 8.48. The van der Waals surface area contributed by atoms with Gasteiger partial charge in [-0.25, -0.2) is 9.97 Å². The van der Waals surface area contributed by atoms with E-state index in [-0.39, 0.29) is 12.5 Å². The van der Waals surface area contributed by atoms with Gasteiger partial charge in [0.05, 0.1) is 22.5 Å². The Morgan fingerprint density at radius 1 is 1.23 bits per heavy atom. The Bertz CT molecular complexity index is 907. The SMILES string of the molecule is CSCc1nc2ccccc2n1CC(=O)Nc1nc2c(s1)CCCCC2. The van der Waals surface area contributed by atoms with Gasteiger partial charge < -0.3 is 9.88 Å². The molecule has 1 aromatic carbocycles. The van der Waals surface area contributed by atoms with Gasteiger partial charge in [0, 0.05) is 4.88 Å². The Morgan fingerprint density at radius 3 is 2.96 bits per heavy atom. The lowest BCUT2D eigenvalue weighted by atomic mass is 10.2. The number of aromatic nitrogens is 3. The van der Waals surface area contributed by atoms with Crippen LogP contribution in [0.5, 0.6) is 0 Å². The van der Waals surface area contributed by atoms with Crippen LogP contribution in [0.2, 0.25) is 0 Å². The number of hydrogen-bond acceptors (Lipinski definition) is 5. The number of fused-ring (bicyclic) bond motifs is 2. The average molecular weight is 387 g/mol. The van der Waals surface area contributed by atoms with Crippen molar-refractivity contribution in [1.29, 1.82) is 0 Å². The van der Waals surface area contributed by atoms with Crippen LogP contribution in [0.1, 0.15) is 35.7 Å². The third-order valence-electron chi connectivity index (χ3n) is 4.65. The highest BCUT2D eigenvalue weighted by molar-refractivity contribution is 7.97. The first kappa shape index (κ1) is 17.5. The minimum atomic E-state index is -0.0422. The fourth-order valence-electron chi connectivity index (χ4n) is 3.43. The third-order valence-corrected chi connectivity index (χ3v) is 6.27. The fraction of sp³-hybridized carbons (Fsp3) is 0.421. The highest BCUT2D eigenvalue weighted by Crippen LogP contribution is 2.29. The Kier molecular flexibility index (Phi) is 5.26. The monoisotopic (exact) mass is 386 g/mol. The Hall–Kier alpha value is -1.86. The molecule has 0 atom stereocenters. The molecule has 1 N–H and O–H groups in total. The summed E-state index contributed by atoms with van der Waals surface area (Å²) in [6, 6.07) is 7.97. The molecule has 0 saturated carbocycles. The number of amides is 1. The van der Waals surface area contributed by atoms with Gasteiger partial charge in [-0.1, -0.05) is 18.6 Å². The van der Waals surface area contributed by atoms with Crippen molar-refractivity contribution in [1.82, 2.24) is 14.5 Å². The normalized spacial score (nSPS) is 14.2. The van der Waals surface area contributed by atoms with E-state index in [0.717, 1.165) is 40.6 Å². The molecule has 0 aliphatic heterocycles. The summed E-state index contributed by atoms with van der Waals surface area (Å²) < 4.78 is 2.01. The number of imidazole rings is 1. The largest absolute Gasteiger partial charge is 0.318 e. The molecule has 136 valence electrons. The minimum absolute atomic E-state index is 0.0422. The Balaban J connectivity index is 1.53. The van der Waals surface area contributed by atoms with Crippen LogP contribution in [-0.2, 0) is 29.9 Å². The predicted molar refractivity (Wildman–Crippen MR) is 109 cm³/mol. The molecule has 0 saturated heterocycles. The molecule has 2 aromatic heterocycles. The first-order chi connectivity index (χ1) is 12.7. The molecule has 1 amide bonds. The van der Waals surface area contributed by atoms with E-state index in [1.54, 1.807) is 23.1 Å². The van der Waals surface area contributed by atoms with Gasteiger partial charge in [-0.05, 0) is 44.1 Å². The predicted octanol–water partition coefficient (Wildman–Crippen LogP) is 4.26. The smallest absolute Gasteiger partial charge is 0.246 e. The van der Waals surface area contributed by atoms with Gasteiger partial charge in [-0.3, -0.25) is 4.79 Å². The van der Waals surface area contributed by atoms with Crippen molar-refractivity contribution in [2.75, 3.05) is 11.6 Å². The molecule has 5 nitrogen and oxygen atoms in total. The molecule has 0 bridgehead atoms. The Labute approximate surface area is 161 Å². The zero-order chi connectivity index (χ0) is 17.9. The average Bonchev–Trinajstić information content (AvgIpc) is 3.09. The summed E-state index contributed by atoms with van der Waals surface area (Å²) in [7, 11) is 0. The molecule has 0 fully saturated rings. The molecule has 1 aliphatic rings. The molecule has 3 aromatic rings. The number of aryl methyl sites for hydroxylation is 2. The summed E-state index contributed by atoms with van der Waals surface area (Å²) in [6.45, 7) is 0.265. The lowest BCUT2D eigenvalue weighted by Crippen LogP contribution is -2.20. The van der Waals surface area contributed by atoms with E-state index in [1.807, 2.05) is 35.1 Å². The zero-order valence-corrected chi connectivity index (χ0v) is 16.5. The van der Waals surface area contributed by atoms with E-state index in [1.165, 1.54) is 29.8 Å². The van der Waals surface area contributed by atoms with Crippen molar-refractivity contribution >= 4 is 45.2 Å². The number of nitrogens with one attached hydrogen (secondary N) is 1. The number of hydrogen-bond donors (Lipinski definition) is 1. The number of nitrogens with zero attached hydrogens (tertiary/aromatic N) is 3. The van der Waals surface area contributed by atoms with E-state index < -0.39 is 0 Å². The summed E-state index contributed by atoms with van der Waals surface area (Å²) in [6.07, 6.45) is 7.87. The summed E-state index contributed by atoms with van der Waals surface area (Å²) in [4.78, 5) is 23.3. The van der Waals surface area contributed by atoms with Gasteiger partial charge >= 0.3 is 0 Å². The molecule has 4 rings (SSSR count). The number of thiazole rings is 1. The van der Waals surface area contributed by atoms with Gasteiger partial charge in [0.15, 0.2) is 5.13 Å². The van der Waals surface area contributed by atoms with E-state index in [9.17, 15) is 4.79 Å². The van der Waals surface area contributed by atoms with Crippen molar-refractivity contribution in [3.63, 3.8) is 0 Å². The van der Waals surface area contributed by atoms with Crippen LogP contribution in [0.15, 0.2) is 24.3 Å². The van der Waals surface area contributed by atoms with Crippen LogP contribution in [0.25, 0.3) is 11.0 Å². The van der Waals surface area contributed by atoms with Gasteiger partial charge in [-0.15, -0.1) is 11.3 Å². The lowest BCUT2D eigenvalue weighted by Gasteiger charge is -2.08. The summed E-state index contributed by atoms with van der Waals surface area (Å²) in [5, 5.41) is 3.74. The van der Waals surface area contributed by atoms with Crippen LogP contribution >= 0.6 is 23.1 Å². The lowest BCUT2D eigenvalue weighted by molar-refractivity contribution is -0.116.